The smallest absolute Gasteiger partial charge is 0.337 e. The molecule has 2 aromatic rings. The molecule has 0 amide bonds. The van der Waals surface area contributed by atoms with E-state index >= 15 is 0 Å². The van der Waals surface area contributed by atoms with Crippen molar-refractivity contribution in [3.63, 3.8) is 0 Å². The van der Waals surface area contributed by atoms with Gasteiger partial charge in [-0.25, -0.2) is 4.79 Å². The van der Waals surface area contributed by atoms with Gasteiger partial charge in [-0.3, -0.25) is 14.6 Å². The van der Waals surface area contributed by atoms with Crippen LogP contribution in [0.1, 0.15) is 66.5 Å². The van der Waals surface area contributed by atoms with E-state index < -0.39 is 23.3 Å². The Morgan fingerprint density at radius 3 is 2.06 bits per heavy atom. The monoisotopic (exact) mass is 467 g/mol. The number of unbranched alkanes of at least 4 members (excludes halogenated alkanes) is 1. The average molecular weight is 468 g/mol. The topological polar surface area (TPSA) is 91.8 Å². The van der Waals surface area contributed by atoms with Crippen molar-refractivity contribution in [2.24, 2.45) is 5.41 Å². The number of carbonyl (C=O) groups is 3. The van der Waals surface area contributed by atoms with Crippen molar-refractivity contribution < 1.29 is 28.6 Å². The number of nitrogens with zero attached hydrogens (tertiary/aromatic N) is 1. The van der Waals surface area contributed by atoms with Crippen molar-refractivity contribution in [2.75, 3.05) is 20.3 Å². The van der Waals surface area contributed by atoms with Gasteiger partial charge >= 0.3 is 17.9 Å². The fourth-order valence-electron chi connectivity index (χ4n) is 4.67. The summed E-state index contributed by atoms with van der Waals surface area (Å²) in [6, 6.07) is 7.10. The summed E-state index contributed by atoms with van der Waals surface area (Å²) >= 11 is 0. The second-order valence-corrected chi connectivity index (χ2v) is 8.53. The van der Waals surface area contributed by atoms with Crippen LogP contribution in [0, 0.1) is 12.3 Å². The molecule has 1 aliphatic rings. The molecule has 0 radical (unpaired) electrons. The van der Waals surface area contributed by atoms with Crippen molar-refractivity contribution in [2.45, 2.75) is 59.8 Å². The summed E-state index contributed by atoms with van der Waals surface area (Å²) in [5.41, 5.74) is 4.34. The van der Waals surface area contributed by atoms with Gasteiger partial charge < -0.3 is 14.2 Å². The molecular weight excluding hydrogens is 434 g/mol. The number of fused-ring (bicyclic) bond motifs is 1. The number of benzene rings is 1. The molecule has 1 aromatic carbocycles. The van der Waals surface area contributed by atoms with Gasteiger partial charge in [0, 0.05) is 29.8 Å². The SMILES string of the molecule is CCCCc1nc(C)c(-c2ccc(C(=O)OC)cc2)c2c1CC(C(=O)OCC)(C(=O)OCC)C2. The Labute approximate surface area is 200 Å². The zero-order valence-electron chi connectivity index (χ0n) is 20.7. The van der Waals surface area contributed by atoms with Gasteiger partial charge in [0.25, 0.3) is 0 Å². The molecule has 0 unspecified atom stereocenters. The fraction of sp³-hybridized carbons (Fsp3) is 0.481. The summed E-state index contributed by atoms with van der Waals surface area (Å²) in [5.74, 6) is -1.53. The van der Waals surface area contributed by atoms with E-state index in [4.69, 9.17) is 19.2 Å². The van der Waals surface area contributed by atoms with Gasteiger partial charge in [0.15, 0.2) is 5.41 Å². The van der Waals surface area contributed by atoms with Crippen LogP contribution in [-0.4, -0.2) is 43.2 Å². The molecule has 0 aliphatic heterocycles. The maximum Gasteiger partial charge on any atom is 0.337 e. The van der Waals surface area contributed by atoms with Crippen LogP contribution in [-0.2, 0) is 43.1 Å². The van der Waals surface area contributed by atoms with Crippen LogP contribution in [0.3, 0.4) is 0 Å². The van der Waals surface area contributed by atoms with Gasteiger partial charge in [-0.05, 0) is 62.4 Å². The minimum atomic E-state index is -1.43. The van der Waals surface area contributed by atoms with E-state index in [1.165, 1.54) is 7.11 Å². The van der Waals surface area contributed by atoms with Crippen molar-refractivity contribution >= 4 is 17.9 Å². The summed E-state index contributed by atoms with van der Waals surface area (Å²) in [5, 5.41) is 0. The van der Waals surface area contributed by atoms with Crippen molar-refractivity contribution in [1.82, 2.24) is 4.98 Å². The second kappa shape index (κ2) is 10.8. The summed E-state index contributed by atoms with van der Waals surface area (Å²) < 4.78 is 15.5. The third kappa shape index (κ3) is 4.69. The number of aromatic nitrogens is 1. The lowest BCUT2D eigenvalue weighted by Gasteiger charge is -2.24. The number of ether oxygens (including phenoxy) is 3. The molecule has 0 saturated heterocycles. The zero-order valence-corrected chi connectivity index (χ0v) is 20.7. The predicted octanol–water partition coefficient (Wildman–Crippen LogP) is 4.40. The van der Waals surface area contributed by atoms with Gasteiger partial charge in [0.1, 0.15) is 0 Å². The van der Waals surface area contributed by atoms with Gasteiger partial charge in [0.2, 0.25) is 0 Å². The molecule has 3 rings (SSSR count). The number of pyridine rings is 1. The second-order valence-electron chi connectivity index (χ2n) is 8.53. The number of aryl methyl sites for hydroxylation is 2. The lowest BCUT2D eigenvalue weighted by molar-refractivity contribution is -0.171. The molecule has 1 aliphatic carbocycles. The Kier molecular flexibility index (Phi) is 8.07. The van der Waals surface area contributed by atoms with E-state index in [0.717, 1.165) is 52.9 Å². The number of hydrogen-bond acceptors (Lipinski definition) is 7. The lowest BCUT2D eigenvalue weighted by atomic mass is 9.84. The molecule has 0 atom stereocenters. The molecule has 1 aromatic heterocycles. The first-order valence-electron chi connectivity index (χ1n) is 11.9. The first-order valence-corrected chi connectivity index (χ1v) is 11.9. The first-order chi connectivity index (χ1) is 16.3. The molecule has 0 N–H and O–H groups in total. The first kappa shape index (κ1) is 25.4. The summed E-state index contributed by atoms with van der Waals surface area (Å²) in [7, 11) is 1.34. The van der Waals surface area contributed by atoms with Crippen LogP contribution in [0.25, 0.3) is 11.1 Å². The molecule has 7 nitrogen and oxygen atoms in total. The predicted molar refractivity (Wildman–Crippen MR) is 127 cm³/mol. The Morgan fingerprint density at radius 2 is 1.53 bits per heavy atom. The summed E-state index contributed by atoms with van der Waals surface area (Å²) in [6.45, 7) is 7.87. The molecule has 7 heteroatoms. The third-order valence-electron chi connectivity index (χ3n) is 6.33. The minimum absolute atomic E-state index is 0.179. The number of methoxy groups -OCH3 is 1. The number of hydrogen-bond donors (Lipinski definition) is 0. The molecule has 0 spiro atoms. The summed E-state index contributed by atoms with van der Waals surface area (Å²) in [6.07, 6.45) is 3.13. The Morgan fingerprint density at radius 1 is 0.941 bits per heavy atom. The normalized spacial score (nSPS) is 13.8. The molecule has 0 bridgehead atoms. The van der Waals surface area contributed by atoms with E-state index in [0.29, 0.717) is 5.56 Å². The molecular formula is C27H33NO6. The highest BCUT2D eigenvalue weighted by molar-refractivity contribution is 6.02. The Bertz CT molecular complexity index is 1060. The molecule has 0 saturated carbocycles. The van der Waals surface area contributed by atoms with E-state index in [2.05, 4.69) is 6.92 Å². The highest BCUT2D eigenvalue weighted by atomic mass is 16.6. The lowest BCUT2D eigenvalue weighted by Crippen LogP contribution is -2.43. The van der Waals surface area contributed by atoms with Crippen molar-refractivity contribution in [3.8, 4) is 11.1 Å². The highest BCUT2D eigenvalue weighted by Crippen LogP contribution is 2.45. The van der Waals surface area contributed by atoms with Crippen LogP contribution >= 0.6 is 0 Å². The third-order valence-corrected chi connectivity index (χ3v) is 6.33. The van der Waals surface area contributed by atoms with Crippen LogP contribution in [0.4, 0.5) is 0 Å². The number of rotatable bonds is 9. The number of esters is 3. The average Bonchev–Trinajstić information content (AvgIpc) is 3.24. The van der Waals surface area contributed by atoms with Crippen molar-refractivity contribution in [1.29, 1.82) is 0 Å². The van der Waals surface area contributed by atoms with Crippen LogP contribution in [0.15, 0.2) is 24.3 Å². The number of carbonyl (C=O) groups excluding carboxylic acids is 3. The molecule has 34 heavy (non-hydrogen) atoms. The van der Waals surface area contributed by atoms with Crippen LogP contribution in [0.5, 0.6) is 0 Å². The van der Waals surface area contributed by atoms with Gasteiger partial charge in [-0.2, -0.15) is 0 Å². The van der Waals surface area contributed by atoms with Gasteiger partial charge in [0.05, 0.1) is 25.9 Å². The Balaban J connectivity index is 2.18. The quantitative estimate of drug-likeness (QED) is 0.307. The molecule has 0 fully saturated rings. The van der Waals surface area contributed by atoms with E-state index in [9.17, 15) is 14.4 Å². The minimum Gasteiger partial charge on any atom is -0.465 e. The van der Waals surface area contributed by atoms with Crippen molar-refractivity contribution in [3.05, 3.63) is 52.3 Å². The Hall–Kier alpha value is -3.22. The van der Waals surface area contributed by atoms with E-state index in [1.807, 2.05) is 19.1 Å². The van der Waals surface area contributed by atoms with Gasteiger partial charge in [-0.1, -0.05) is 25.5 Å². The standard InChI is InChI=1S/C27H33NO6/c1-6-9-10-22-20-15-27(25(30)33-7-2,26(31)34-8-3)16-21(20)23(17(4)28-22)18-11-13-19(14-12-18)24(29)32-5/h11-14H,6-10,15-16H2,1-5H3. The largest absolute Gasteiger partial charge is 0.465 e. The fourth-order valence-corrected chi connectivity index (χ4v) is 4.67. The maximum atomic E-state index is 13.2. The maximum absolute atomic E-state index is 13.2. The molecule has 182 valence electrons. The van der Waals surface area contributed by atoms with E-state index in [1.54, 1.807) is 26.0 Å². The zero-order chi connectivity index (χ0) is 24.9. The van der Waals surface area contributed by atoms with E-state index in [-0.39, 0.29) is 26.1 Å². The molecule has 1 heterocycles. The summed E-state index contributed by atoms with van der Waals surface area (Å²) in [4.78, 5) is 43.1. The van der Waals surface area contributed by atoms with Gasteiger partial charge in [-0.15, -0.1) is 0 Å². The van der Waals surface area contributed by atoms with Crippen LogP contribution < -0.4 is 0 Å². The van der Waals surface area contributed by atoms with Crippen LogP contribution in [0.2, 0.25) is 0 Å². The highest BCUT2D eigenvalue weighted by Gasteiger charge is 2.54.